The molecule has 150 valence electrons. The van der Waals surface area contributed by atoms with E-state index < -0.39 is 41.9 Å². The molecule has 4 atom stereocenters. The highest BCUT2D eigenvalue weighted by Gasteiger charge is 2.30. The Hall–Kier alpha value is -1.81. The van der Waals surface area contributed by atoms with E-state index in [1.54, 1.807) is 6.92 Å². The molecule has 0 aromatic carbocycles. The summed E-state index contributed by atoms with van der Waals surface area (Å²) < 4.78 is 0. The molecule has 0 heterocycles. The van der Waals surface area contributed by atoms with Crippen LogP contribution in [0.4, 0.5) is 0 Å². The summed E-state index contributed by atoms with van der Waals surface area (Å²) >= 11 is 1.47. The molecule has 0 aliphatic heterocycles. The number of hydrogen-bond donors (Lipinski definition) is 5. The van der Waals surface area contributed by atoms with Gasteiger partial charge < -0.3 is 26.6 Å². The predicted molar refractivity (Wildman–Crippen MR) is 98.8 cm³/mol. The third-order valence-electron chi connectivity index (χ3n) is 4.02. The molecule has 6 N–H and O–H groups in total. The second-order valence-corrected chi connectivity index (χ2v) is 7.08. The molecule has 0 bridgehead atoms. The first kappa shape index (κ1) is 24.2. The molecular weight excluding hydrogens is 362 g/mol. The van der Waals surface area contributed by atoms with Crippen molar-refractivity contribution >= 4 is 35.5 Å². The van der Waals surface area contributed by atoms with Crippen LogP contribution in [0.1, 0.15) is 39.5 Å². The summed E-state index contributed by atoms with van der Waals surface area (Å²) in [5.74, 6) is -3.12. The number of carbonyl (C=O) groups excluding carboxylic acids is 2. The van der Waals surface area contributed by atoms with Crippen molar-refractivity contribution in [3.8, 4) is 0 Å². The lowest BCUT2D eigenvalue weighted by atomic mass is 9.97. The SMILES string of the molecule is CC[C@H](C)[C@H](NC(=O)[C@@H](N)CCC(=O)O)C(=O)N[C@@H](CCSC)C(=O)O. The minimum Gasteiger partial charge on any atom is -0.481 e. The minimum absolute atomic E-state index is 0.0541. The normalized spacial score (nSPS) is 15.4. The Morgan fingerprint density at radius 2 is 1.69 bits per heavy atom. The van der Waals surface area contributed by atoms with E-state index in [4.69, 9.17) is 10.8 Å². The topological polar surface area (TPSA) is 159 Å². The van der Waals surface area contributed by atoms with Crippen LogP contribution < -0.4 is 16.4 Å². The van der Waals surface area contributed by atoms with Crippen LogP contribution in [0.25, 0.3) is 0 Å². The van der Waals surface area contributed by atoms with Crippen molar-refractivity contribution in [3.05, 3.63) is 0 Å². The fourth-order valence-electron chi connectivity index (χ4n) is 2.13. The van der Waals surface area contributed by atoms with Crippen molar-refractivity contribution in [2.45, 2.75) is 57.7 Å². The van der Waals surface area contributed by atoms with E-state index in [0.717, 1.165) is 0 Å². The molecule has 0 aliphatic rings. The van der Waals surface area contributed by atoms with Gasteiger partial charge in [-0.25, -0.2) is 4.79 Å². The van der Waals surface area contributed by atoms with E-state index >= 15 is 0 Å². The van der Waals surface area contributed by atoms with Crippen molar-refractivity contribution in [2.24, 2.45) is 11.7 Å². The lowest BCUT2D eigenvalue weighted by molar-refractivity contribution is -0.142. The smallest absolute Gasteiger partial charge is 0.326 e. The fraction of sp³-hybridized carbons (Fsp3) is 0.750. The van der Waals surface area contributed by atoms with Crippen LogP contribution >= 0.6 is 11.8 Å². The number of nitrogens with two attached hydrogens (primary N) is 1. The Balaban J connectivity index is 5.00. The van der Waals surface area contributed by atoms with Crippen LogP contribution in [0.2, 0.25) is 0 Å². The molecule has 0 aromatic rings. The van der Waals surface area contributed by atoms with Crippen LogP contribution in [0.5, 0.6) is 0 Å². The number of thioether (sulfide) groups is 1. The van der Waals surface area contributed by atoms with Crippen LogP contribution in [0.15, 0.2) is 0 Å². The van der Waals surface area contributed by atoms with Gasteiger partial charge in [-0.3, -0.25) is 14.4 Å². The minimum atomic E-state index is -1.14. The lowest BCUT2D eigenvalue weighted by Crippen LogP contribution is -2.56. The summed E-state index contributed by atoms with van der Waals surface area (Å²) in [7, 11) is 0. The molecule has 0 saturated carbocycles. The van der Waals surface area contributed by atoms with E-state index in [0.29, 0.717) is 12.2 Å². The van der Waals surface area contributed by atoms with Crippen LogP contribution in [0, 0.1) is 5.92 Å². The van der Waals surface area contributed by atoms with Gasteiger partial charge in [-0.1, -0.05) is 20.3 Å². The first-order valence-corrected chi connectivity index (χ1v) is 9.83. The van der Waals surface area contributed by atoms with Gasteiger partial charge in [-0.2, -0.15) is 11.8 Å². The molecule has 26 heavy (non-hydrogen) atoms. The monoisotopic (exact) mass is 391 g/mol. The first-order valence-electron chi connectivity index (χ1n) is 8.43. The highest BCUT2D eigenvalue weighted by atomic mass is 32.2. The Labute approximate surface area is 157 Å². The average molecular weight is 391 g/mol. The molecule has 0 aromatic heterocycles. The Morgan fingerprint density at radius 3 is 2.15 bits per heavy atom. The molecule has 9 nitrogen and oxygen atoms in total. The molecule has 0 fully saturated rings. The van der Waals surface area contributed by atoms with Crippen molar-refractivity contribution in [1.29, 1.82) is 0 Å². The van der Waals surface area contributed by atoms with Gasteiger partial charge in [0.05, 0.1) is 6.04 Å². The predicted octanol–water partition coefficient (Wildman–Crippen LogP) is 0.0319. The summed E-state index contributed by atoms with van der Waals surface area (Å²) in [6, 6.07) is -3.05. The average Bonchev–Trinajstić information content (AvgIpc) is 2.59. The highest BCUT2D eigenvalue weighted by molar-refractivity contribution is 7.98. The zero-order valence-electron chi connectivity index (χ0n) is 15.4. The second kappa shape index (κ2) is 12.5. The van der Waals surface area contributed by atoms with Gasteiger partial charge in [0.2, 0.25) is 11.8 Å². The van der Waals surface area contributed by atoms with Gasteiger partial charge in [0, 0.05) is 6.42 Å². The van der Waals surface area contributed by atoms with E-state index in [-0.39, 0.29) is 25.2 Å². The largest absolute Gasteiger partial charge is 0.481 e. The van der Waals surface area contributed by atoms with E-state index in [2.05, 4.69) is 10.6 Å². The molecule has 0 radical (unpaired) electrons. The van der Waals surface area contributed by atoms with Crippen molar-refractivity contribution in [2.75, 3.05) is 12.0 Å². The van der Waals surface area contributed by atoms with Crippen LogP contribution in [0.3, 0.4) is 0 Å². The molecule has 2 amide bonds. The van der Waals surface area contributed by atoms with Crippen molar-refractivity contribution in [1.82, 2.24) is 10.6 Å². The maximum absolute atomic E-state index is 12.5. The highest BCUT2D eigenvalue weighted by Crippen LogP contribution is 2.10. The van der Waals surface area contributed by atoms with Gasteiger partial charge in [-0.05, 0) is 30.8 Å². The third-order valence-corrected chi connectivity index (χ3v) is 4.67. The first-order chi connectivity index (χ1) is 12.1. The Kier molecular flexibility index (Phi) is 11.7. The molecule has 0 aliphatic carbocycles. The quantitative estimate of drug-likeness (QED) is 0.294. The number of carbonyl (C=O) groups is 4. The number of carboxylic acids is 2. The number of carboxylic acid groups (broad SMARTS) is 2. The molecular formula is C16H29N3O6S. The van der Waals surface area contributed by atoms with Crippen LogP contribution in [-0.2, 0) is 19.2 Å². The molecule has 0 spiro atoms. The van der Waals surface area contributed by atoms with Gasteiger partial charge >= 0.3 is 11.9 Å². The van der Waals surface area contributed by atoms with Gasteiger partial charge in [0.1, 0.15) is 12.1 Å². The number of rotatable bonds is 13. The van der Waals surface area contributed by atoms with Gasteiger partial charge in [0.15, 0.2) is 0 Å². The van der Waals surface area contributed by atoms with Crippen molar-refractivity contribution < 1.29 is 29.4 Å². The standard InChI is InChI=1S/C16H29N3O6S/c1-4-9(2)13(19-14(22)10(17)5-6-12(20)21)15(23)18-11(16(24)25)7-8-26-3/h9-11,13H,4-8,17H2,1-3H3,(H,18,23)(H,19,22)(H,20,21)(H,24,25)/t9-,10-,11-,13-/m0/s1. The fourth-order valence-corrected chi connectivity index (χ4v) is 2.60. The molecule has 0 rings (SSSR count). The second-order valence-electron chi connectivity index (χ2n) is 6.09. The summed E-state index contributed by atoms with van der Waals surface area (Å²) in [5, 5.41) is 22.9. The number of nitrogens with one attached hydrogen (secondary N) is 2. The number of hydrogen-bond acceptors (Lipinski definition) is 6. The maximum atomic E-state index is 12.5. The summed E-state index contributed by atoms with van der Waals surface area (Å²) in [5.41, 5.74) is 5.67. The van der Waals surface area contributed by atoms with E-state index in [1.807, 2.05) is 13.2 Å². The third kappa shape index (κ3) is 9.04. The molecule has 0 saturated heterocycles. The van der Waals surface area contributed by atoms with Gasteiger partial charge in [0.25, 0.3) is 0 Å². The van der Waals surface area contributed by atoms with E-state index in [9.17, 15) is 24.3 Å². The number of aliphatic carboxylic acids is 2. The molecule has 10 heteroatoms. The van der Waals surface area contributed by atoms with E-state index in [1.165, 1.54) is 11.8 Å². The Morgan fingerprint density at radius 1 is 1.08 bits per heavy atom. The zero-order valence-corrected chi connectivity index (χ0v) is 16.2. The summed E-state index contributed by atoms with van der Waals surface area (Å²) in [6.07, 6.45) is 2.36. The van der Waals surface area contributed by atoms with Gasteiger partial charge in [-0.15, -0.1) is 0 Å². The molecule has 0 unspecified atom stereocenters. The summed E-state index contributed by atoms with van der Waals surface area (Å²) in [4.78, 5) is 46.5. The maximum Gasteiger partial charge on any atom is 0.326 e. The zero-order chi connectivity index (χ0) is 20.3. The number of amides is 2. The Bertz CT molecular complexity index is 502. The van der Waals surface area contributed by atoms with Crippen molar-refractivity contribution in [3.63, 3.8) is 0 Å². The summed E-state index contributed by atoms with van der Waals surface area (Å²) in [6.45, 7) is 3.59. The lowest BCUT2D eigenvalue weighted by Gasteiger charge is -2.26. The van der Waals surface area contributed by atoms with Crippen LogP contribution in [-0.4, -0.2) is 64.1 Å².